The van der Waals surface area contributed by atoms with Crippen molar-refractivity contribution in [1.29, 1.82) is 0 Å². The number of ether oxygens (including phenoxy) is 2. The molecule has 27 heavy (non-hydrogen) atoms. The van der Waals surface area contributed by atoms with Crippen molar-refractivity contribution in [2.75, 3.05) is 19.7 Å². The monoisotopic (exact) mass is 370 g/mol. The third-order valence-corrected chi connectivity index (χ3v) is 6.46. The van der Waals surface area contributed by atoms with Crippen molar-refractivity contribution in [3.63, 3.8) is 0 Å². The normalized spacial score (nSPS) is 30.0. The van der Waals surface area contributed by atoms with Gasteiger partial charge in [-0.1, -0.05) is 25.1 Å². The molecule has 0 radical (unpaired) electrons. The average Bonchev–Trinajstić information content (AvgIpc) is 3.10. The molecule has 1 spiro atoms. The van der Waals surface area contributed by atoms with E-state index in [-0.39, 0.29) is 17.1 Å². The Labute approximate surface area is 161 Å². The Balaban J connectivity index is 1.27. The van der Waals surface area contributed by atoms with E-state index in [9.17, 15) is 4.79 Å². The summed E-state index contributed by atoms with van der Waals surface area (Å²) in [6.45, 7) is 4.95. The minimum absolute atomic E-state index is 0.107. The fraction of sp³-hybridized carbons (Fsp3) is 0.636. The first-order valence-corrected chi connectivity index (χ1v) is 10.2. The van der Waals surface area contributed by atoms with E-state index < -0.39 is 0 Å². The van der Waals surface area contributed by atoms with Gasteiger partial charge in [0.25, 0.3) is 0 Å². The molecule has 0 aromatic carbocycles. The topological polar surface area (TPSA) is 51.7 Å². The second-order valence-corrected chi connectivity index (χ2v) is 8.56. The highest BCUT2D eigenvalue weighted by atomic mass is 16.6. The van der Waals surface area contributed by atoms with Gasteiger partial charge in [-0.3, -0.25) is 9.78 Å². The van der Waals surface area contributed by atoms with E-state index in [4.69, 9.17) is 9.47 Å². The summed E-state index contributed by atoms with van der Waals surface area (Å²) in [6, 6.07) is 3.96. The highest BCUT2D eigenvalue weighted by Gasteiger charge is 2.45. The van der Waals surface area contributed by atoms with E-state index in [1.165, 1.54) is 0 Å². The fourth-order valence-corrected chi connectivity index (χ4v) is 4.61. The summed E-state index contributed by atoms with van der Waals surface area (Å²) in [4.78, 5) is 19.2. The van der Waals surface area contributed by atoms with Gasteiger partial charge in [0, 0.05) is 31.9 Å². The van der Waals surface area contributed by atoms with Crippen molar-refractivity contribution in [2.24, 2.45) is 5.41 Å². The number of aromatic nitrogens is 1. The summed E-state index contributed by atoms with van der Waals surface area (Å²) >= 11 is 0. The van der Waals surface area contributed by atoms with Crippen LogP contribution in [-0.2, 0) is 20.9 Å². The van der Waals surface area contributed by atoms with Gasteiger partial charge in [0.2, 0.25) is 5.91 Å². The maximum absolute atomic E-state index is 13.0. The number of carbonyl (C=O) groups excluding carboxylic acids is 1. The molecular formula is C22H30N2O3. The number of rotatable bonds is 4. The van der Waals surface area contributed by atoms with Gasteiger partial charge >= 0.3 is 0 Å². The van der Waals surface area contributed by atoms with Crippen molar-refractivity contribution in [2.45, 2.75) is 63.8 Å². The molecule has 3 heterocycles. The van der Waals surface area contributed by atoms with Crippen LogP contribution in [0.25, 0.3) is 0 Å². The molecule has 2 atom stereocenters. The Bertz CT molecular complexity index is 682. The van der Waals surface area contributed by atoms with E-state index in [1.54, 1.807) is 6.20 Å². The maximum Gasteiger partial charge on any atom is 0.228 e. The lowest BCUT2D eigenvalue weighted by atomic mass is 9.77. The van der Waals surface area contributed by atoms with Crippen molar-refractivity contribution in [3.05, 3.63) is 42.2 Å². The molecule has 146 valence electrons. The smallest absolute Gasteiger partial charge is 0.228 e. The zero-order valence-electron chi connectivity index (χ0n) is 16.2. The Morgan fingerprint density at radius 1 is 1.33 bits per heavy atom. The molecule has 2 unspecified atom stereocenters. The maximum atomic E-state index is 13.0. The molecule has 1 aromatic heterocycles. The summed E-state index contributed by atoms with van der Waals surface area (Å²) in [5.74, 6) is 0.323. The first kappa shape index (κ1) is 18.6. The second-order valence-electron chi connectivity index (χ2n) is 8.56. The molecule has 1 amide bonds. The van der Waals surface area contributed by atoms with E-state index in [1.807, 2.05) is 18.3 Å². The summed E-state index contributed by atoms with van der Waals surface area (Å²) in [5, 5.41) is 0. The number of hydrogen-bond donors (Lipinski definition) is 0. The Kier molecular flexibility index (Phi) is 5.33. The molecule has 2 aliphatic heterocycles. The molecule has 2 fully saturated rings. The van der Waals surface area contributed by atoms with Crippen LogP contribution in [-0.4, -0.2) is 47.2 Å². The van der Waals surface area contributed by atoms with Gasteiger partial charge < -0.3 is 14.4 Å². The number of hydrogen-bond acceptors (Lipinski definition) is 4. The van der Waals surface area contributed by atoms with Crippen LogP contribution in [0.3, 0.4) is 0 Å². The van der Waals surface area contributed by atoms with Crippen molar-refractivity contribution in [3.8, 4) is 0 Å². The van der Waals surface area contributed by atoms with Gasteiger partial charge in [-0.25, -0.2) is 0 Å². The van der Waals surface area contributed by atoms with Crippen LogP contribution in [0.2, 0.25) is 0 Å². The highest BCUT2D eigenvalue weighted by molar-refractivity contribution is 5.82. The quantitative estimate of drug-likeness (QED) is 0.761. The molecule has 0 saturated carbocycles. The Morgan fingerprint density at radius 3 is 2.89 bits per heavy atom. The number of piperidine rings is 1. The SMILES string of the molecule is CC1(C(=O)N2CCC3(CC2)CC(OCc2cccnc2)CO3)CC=CCC1. The van der Waals surface area contributed by atoms with E-state index in [0.717, 1.165) is 57.2 Å². The number of nitrogens with zero attached hydrogens (tertiary/aromatic N) is 2. The zero-order chi connectivity index (χ0) is 18.7. The number of carbonyl (C=O) groups is 1. The van der Waals surface area contributed by atoms with Crippen LogP contribution in [0, 0.1) is 5.41 Å². The number of likely N-dealkylation sites (tertiary alicyclic amines) is 1. The van der Waals surface area contributed by atoms with Crippen LogP contribution in [0.1, 0.15) is 51.0 Å². The van der Waals surface area contributed by atoms with Gasteiger partial charge in [-0.05, 0) is 43.7 Å². The minimum atomic E-state index is -0.217. The van der Waals surface area contributed by atoms with Gasteiger partial charge in [0.05, 0.1) is 30.3 Å². The van der Waals surface area contributed by atoms with Crippen LogP contribution in [0.15, 0.2) is 36.7 Å². The largest absolute Gasteiger partial charge is 0.372 e. The zero-order valence-corrected chi connectivity index (χ0v) is 16.2. The third kappa shape index (κ3) is 4.09. The molecule has 5 heteroatoms. The minimum Gasteiger partial charge on any atom is -0.372 e. The van der Waals surface area contributed by atoms with E-state index >= 15 is 0 Å². The predicted molar refractivity (Wildman–Crippen MR) is 103 cm³/mol. The number of allylic oxidation sites excluding steroid dienone is 2. The molecule has 3 aliphatic rings. The van der Waals surface area contributed by atoms with Crippen LogP contribution < -0.4 is 0 Å². The molecule has 5 nitrogen and oxygen atoms in total. The molecule has 0 bridgehead atoms. The van der Waals surface area contributed by atoms with Gasteiger partial charge in [-0.2, -0.15) is 0 Å². The lowest BCUT2D eigenvalue weighted by Gasteiger charge is -2.42. The lowest BCUT2D eigenvalue weighted by molar-refractivity contribution is -0.146. The molecule has 2 saturated heterocycles. The first-order valence-electron chi connectivity index (χ1n) is 10.2. The van der Waals surface area contributed by atoms with Crippen molar-refractivity contribution < 1.29 is 14.3 Å². The number of pyridine rings is 1. The second kappa shape index (κ2) is 7.72. The lowest BCUT2D eigenvalue weighted by Crippen LogP contribution is -2.51. The predicted octanol–water partition coefficient (Wildman–Crippen LogP) is 3.49. The van der Waals surface area contributed by atoms with Crippen molar-refractivity contribution in [1.82, 2.24) is 9.88 Å². The van der Waals surface area contributed by atoms with Crippen LogP contribution >= 0.6 is 0 Å². The Morgan fingerprint density at radius 2 is 2.19 bits per heavy atom. The molecule has 1 aromatic rings. The molecular weight excluding hydrogens is 340 g/mol. The Hall–Kier alpha value is -1.72. The average molecular weight is 370 g/mol. The first-order chi connectivity index (χ1) is 13.1. The van der Waals surface area contributed by atoms with Crippen LogP contribution in [0.5, 0.6) is 0 Å². The molecule has 0 N–H and O–H groups in total. The fourth-order valence-electron chi connectivity index (χ4n) is 4.61. The molecule has 4 rings (SSSR count). The van der Waals surface area contributed by atoms with Gasteiger partial charge in [-0.15, -0.1) is 0 Å². The molecule has 1 aliphatic carbocycles. The number of amides is 1. The van der Waals surface area contributed by atoms with E-state index in [0.29, 0.717) is 19.1 Å². The summed E-state index contributed by atoms with van der Waals surface area (Å²) in [6.07, 6.45) is 13.7. The summed E-state index contributed by atoms with van der Waals surface area (Å²) in [5.41, 5.74) is 0.767. The van der Waals surface area contributed by atoms with Gasteiger partial charge in [0.1, 0.15) is 0 Å². The van der Waals surface area contributed by atoms with Crippen molar-refractivity contribution >= 4 is 5.91 Å². The summed E-state index contributed by atoms with van der Waals surface area (Å²) in [7, 11) is 0. The summed E-state index contributed by atoms with van der Waals surface area (Å²) < 4.78 is 12.2. The van der Waals surface area contributed by atoms with Gasteiger partial charge in [0.15, 0.2) is 0 Å². The highest BCUT2D eigenvalue weighted by Crippen LogP contribution is 2.40. The third-order valence-electron chi connectivity index (χ3n) is 6.46. The standard InChI is InChI=1S/C22H30N2O3/c1-21(7-3-2-4-8-21)20(25)24-12-9-22(10-13-24)14-19(17-27-22)26-16-18-6-5-11-23-15-18/h2-3,5-6,11,15,19H,4,7-10,12-14,16-17H2,1H3. The van der Waals surface area contributed by atoms with Crippen LogP contribution in [0.4, 0.5) is 0 Å². The van der Waals surface area contributed by atoms with E-state index in [2.05, 4.69) is 29.0 Å².